The highest BCUT2D eigenvalue weighted by Gasteiger charge is 2.26. The van der Waals surface area contributed by atoms with Crippen LogP contribution in [0.15, 0.2) is 53.4 Å². The van der Waals surface area contributed by atoms with Gasteiger partial charge < -0.3 is 5.32 Å². The largest absolute Gasteiger partial charge is 0.325 e. The summed E-state index contributed by atoms with van der Waals surface area (Å²) >= 11 is 0. The lowest BCUT2D eigenvalue weighted by Crippen LogP contribution is -2.37. The van der Waals surface area contributed by atoms with E-state index in [1.165, 1.54) is 40.7 Å². The van der Waals surface area contributed by atoms with E-state index in [-0.39, 0.29) is 10.6 Å². The van der Waals surface area contributed by atoms with Gasteiger partial charge in [-0.05, 0) is 61.4 Å². The fourth-order valence-corrected chi connectivity index (χ4v) is 5.68. The molecular formula is C20H24FN3O5S2. The first-order valence-corrected chi connectivity index (χ1v) is 13.0. The van der Waals surface area contributed by atoms with Crippen molar-refractivity contribution in [3.05, 3.63) is 54.3 Å². The molecule has 1 amide bonds. The highest BCUT2D eigenvalue weighted by Crippen LogP contribution is 2.22. The van der Waals surface area contributed by atoms with E-state index in [1.807, 2.05) is 0 Å². The van der Waals surface area contributed by atoms with Crippen LogP contribution in [0.2, 0.25) is 0 Å². The number of nitrogens with zero attached hydrogens (tertiary/aromatic N) is 2. The molecule has 0 aromatic heterocycles. The molecule has 0 aliphatic carbocycles. The van der Waals surface area contributed by atoms with Crippen LogP contribution in [0.4, 0.5) is 15.8 Å². The van der Waals surface area contributed by atoms with Crippen LogP contribution < -0.4 is 9.62 Å². The maximum absolute atomic E-state index is 13.1. The maximum atomic E-state index is 13.1. The van der Waals surface area contributed by atoms with Gasteiger partial charge in [0.1, 0.15) is 12.4 Å². The summed E-state index contributed by atoms with van der Waals surface area (Å²) in [6, 6.07) is 10.5. The third kappa shape index (κ3) is 5.81. The van der Waals surface area contributed by atoms with Crippen LogP contribution in [-0.2, 0) is 24.8 Å². The van der Waals surface area contributed by atoms with Crippen molar-refractivity contribution in [2.75, 3.05) is 35.5 Å². The van der Waals surface area contributed by atoms with E-state index in [1.54, 1.807) is 0 Å². The Hall–Kier alpha value is -2.50. The zero-order valence-corrected chi connectivity index (χ0v) is 18.6. The zero-order valence-electron chi connectivity index (χ0n) is 17.0. The van der Waals surface area contributed by atoms with Gasteiger partial charge in [0.2, 0.25) is 26.0 Å². The third-order valence-electron chi connectivity index (χ3n) is 4.89. The zero-order chi connectivity index (χ0) is 22.6. The van der Waals surface area contributed by atoms with Gasteiger partial charge in [-0.25, -0.2) is 21.2 Å². The van der Waals surface area contributed by atoms with Crippen LogP contribution in [0.3, 0.4) is 0 Å². The average Bonchev–Trinajstić information content (AvgIpc) is 2.73. The van der Waals surface area contributed by atoms with Crippen LogP contribution in [0.1, 0.15) is 19.3 Å². The van der Waals surface area contributed by atoms with Crippen molar-refractivity contribution in [2.24, 2.45) is 0 Å². The topological polar surface area (TPSA) is 104 Å². The summed E-state index contributed by atoms with van der Waals surface area (Å²) in [5.41, 5.74) is 0.483. The number of sulfonamides is 2. The predicted molar refractivity (Wildman–Crippen MR) is 116 cm³/mol. The molecule has 1 saturated heterocycles. The number of halogens is 1. The summed E-state index contributed by atoms with van der Waals surface area (Å²) in [5.74, 6) is -1.15. The van der Waals surface area contributed by atoms with Crippen molar-refractivity contribution in [1.82, 2.24) is 4.31 Å². The Labute approximate surface area is 181 Å². The number of amides is 1. The molecule has 0 spiro atoms. The van der Waals surface area contributed by atoms with Crippen LogP contribution >= 0.6 is 0 Å². The summed E-state index contributed by atoms with van der Waals surface area (Å²) in [5, 5.41) is 2.56. The van der Waals surface area contributed by atoms with Crippen LogP contribution in [0.5, 0.6) is 0 Å². The van der Waals surface area contributed by atoms with Crippen LogP contribution in [-0.4, -0.2) is 52.9 Å². The van der Waals surface area contributed by atoms with Crippen molar-refractivity contribution in [3.8, 4) is 0 Å². The number of anilines is 2. The highest BCUT2D eigenvalue weighted by atomic mass is 32.2. The van der Waals surface area contributed by atoms with Gasteiger partial charge in [0.05, 0.1) is 16.8 Å². The molecule has 0 unspecified atom stereocenters. The minimum atomic E-state index is -3.79. The standard InChI is InChI=1S/C20H24FN3O5S2/c1-30(26,27)24(18-9-5-16(21)6-10-18)15-20(25)22-17-7-11-19(12-8-17)31(28,29)23-13-3-2-4-14-23/h5-12H,2-4,13-15H2,1H3,(H,22,25). The molecule has 2 aromatic carbocycles. The molecule has 31 heavy (non-hydrogen) atoms. The van der Waals surface area contributed by atoms with Gasteiger partial charge in [0, 0.05) is 18.8 Å². The lowest BCUT2D eigenvalue weighted by Gasteiger charge is -2.26. The monoisotopic (exact) mass is 469 g/mol. The van der Waals surface area contributed by atoms with E-state index in [4.69, 9.17) is 0 Å². The quantitative estimate of drug-likeness (QED) is 0.671. The Kier molecular flexibility index (Phi) is 6.97. The van der Waals surface area contributed by atoms with Gasteiger partial charge in [0.25, 0.3) is 0 Å². The van der Waals surface area contributed by atoms with Crippen LogP contribution in [0, 0.1) is 5.82 Å². The number of rotatable bonds is 7. The third-order valence-corrected chi connectivity index (χ3v) is 7.95. The number of carbonyl (C=O) groups excluding carboxylic acids is 1. The Bertz CT molecular complexity index is 1130. The first-order chi connectivity index (χ1) is 14.6. The van der Waals surface area contributed by atoms with E-state index in [0.717, 1.165) is 42.0 Å². The number of hydrogen-bond donors (Lipinski definition) is 1. The average molecular weight is 470 g/mol. The molecule has 11 heteroatoms. The van der Waals surface area contributed by atoms with Crippen molar-refractivity contribution in [3.63, 3.8) is 0 Å². The SMILES string of the molecule is CS(=O)(=O)N(CC(=O)Nc1ccc(S(=O)(=O)N2CCCCC2)cc1)c1ccc(F)cc1. The molecule has 8 nitrogen and oxygen atoms in total. The smallest absolute Gasteiger partial charge is 0.245 e. The van der Waals surface area contributed by atoms with Gasteiger partial charge in [-0.3, -0.25) is 9.10 Å². The molecular weight excluding hydrogens is 445 g/mol. The Morgan fingerprint density at radius 3 is 2.10 bits per heavy atom. The van der Waals surface area contributed by atoms with E-state index in [0.29, 0.717) is 18.8 Å². The summed E-state index contributed by atoms with van der Waals surface area (Å²) < 4.78 is 65.0. The molecule has 0 saturated carbocycles. The number of hydrogen-bond acceptors (Lipinski definition) is 5. The van der Waals surface area contributed by atoms with Crippen molar-refractivity contribution >= 4 is 37.3 Å². The van der Waals surface area contributed by atoms with Crippen molar-refractivity contribution < 1.29 is 26.0 Å². The minimum Gasteiger partial charge on any atom is -0.325 e. The molecule has 1 N–H and O–H groups in total. The second-order valence-electron chi connectivity index (χ2n) is 7.28. The van der Waals surface area contributed by atoms with E-state index < -0.39 is 38.3 Å². The van der Waals surface area contributed by atoms with Crippen molar-refractivity contribution in [2.45, 2.75) is 24.2 Å². The molecule has 0 atom stereocenters. The number of nitrogens with one attached hydrogen (secondary N) is 1. The molecule has 1 fully saturated rings. The maximum Gasteiger partial charge on any atom is 0.245 e. The van der Waals surface area contributed by atoms with Gasteiger partial charge in [-0.1, -0.05) is 6.42 Å². The molecule has 1 aliphatic rings. The summed E-state index contributed by atoms with van der Waals surface area (Å²) in [4.78, 5) is 12.6. The fourth-order valence-electron chi connectivity index (χ4n) is 3.30. The van der Waals surface area contributed by atoms with Gasteiger partial charge >= 0.3 is 0 Å². The predicted octanol–water partition coefficient (Wildman–Crippen LogP) is 2.41. The number of piperidine rings is 1. The van der Waals surface area contributed by atoms with Gasteiger partial charge in [-0.15, -0.1) is 0 Å². The Balaban J connectivity index is 1.70. The molecule has 168 valence electrons. The summed E-state index contributed by atoms with van der Waals surface area (Å²) in [6.07, 6.45) is 3.62. The minimum absolute atomic E-state index is 0.136. The van der Waals surface area contributed by atoms with E-state index in [9.17, 15) is 26.0 Å². The second kappa shape index (κ2) is 9.33. The van der Waals surface area contributed by atoms with E-state index >= 15 is 0 Å². The molecule has 1 aliphatic heterocycles. The summed E-state index contributed by atoms with van der Waals surface area (Å²) in [6.45, 7) is 0.468. The van der Waals surface area contributed by atoms with Gasteiger partial charge in [-0.2, -0.15) is 4.31 Å². The normalized spacial score (nSPS) is 15.4. The number of benzene rings is 2. The summed E-state index contributed by atoms with van der Waals surface area (Å²) in [7, 11) is -7.37. The highest BCUT2D eigenvalue weighted by molar-refractivity contribution is 7.92. The molecule has 0 bridgehead atoms. The lowest BCUT2D eigenvalue weighted by molar-refractivity contribution is -0.114. The molecule has 2 aromatic rings. The molecule has 0 radical (unpaired) electrons. The Morgan fingerprint density at radius 1 is 0.968 bits per heavy atom. The molecule has 1 heterocycles. The lowest BCUT2D eigenvalue weighted by atomic mass is 10.2. The van der Waals surface area contributed by atoms with Crippen LogP contribution in [0.25, 0.3) is 0 Å². The fraction of sp³-hybridized carbons (Fsp3) is 0.350. The molecule has 3 rings (SSSR count). The first-order valence-electron chi connectivity index (χ1n) is 9.71. The van der Waals surface area contributed by atoms with Crippen molar-refractivity contribution in [1.29, 1.82) is 0 Å². The van der Waals surface area contributed by atoms with Gasteiger partial charge in [0.15, 0.2) is 0 Å². The van der Waals surface area contributed by atoms with E-state index in [2.05, 4.69) is 5.32 Å². The number of carbonyl (C=O) groups is 1. The first kappa shape index (κ1) is 23.2. The Morgan fingerprint density at radius 2 is 1.55 bits per heavy atom. The second-order valence-corrected chi connectivity index (χ2v) is 11.1.